The zero-order valence-electron chi connectivity index (χ0n) is 14.2. The molecule has 1 fully saturated rings. The molecule has 27 heavy (non-hydrogen) atoms. The third-order valence-corrected chi connectivity index (χ3v) is 4.65. The number of pyridine rings is 1. The molecule has 3 nitrogen and oxygen atoms in total. The second kappa shape index (κ2) is 7.51. The number of benzene rings is 1. The summed E-state index contributed by atoms with van der Waals surface area (Å²) in [7, 11) is 0. The molecule has 0 radical (unpaired) electrons. The van der Waals surface area contributed by atoms with E-state index in [-0.39, 0.29) is 17.3 Å². The molecule has 2 heterocycles. The van der Waals surface area contributed by atoms with Gasteiger partial charge in [-0.05, 0) is 55.0 Å². The maximum atomic E-state index is 13.3. The Hall–Kier alpha value is -2.69. The molecule has 1 saturated heterocycles. The van der Waals surface area contributed by atoms with Crippen molar-refractivity contribution in [2.75, 3.05) is 18.0 Å². The molecule has 1 aliphatic rings. The fourth-order valence-electron chi connectivity index (χ4n) is 3.35. The van der Waals surface area contributed by atoms with Gasteiger partial charge in [0.1, 0.15) is 29.2 Å². The fourth-order valence-corrected chi connectivity index (χ4v) is 3.35. The summed E-state index contributed by atoms with van der Waals surface area (Å²) in [6.07, 6.45) is -2.84. The molecular weight excluding hydrogens is 365 g/mol. The van der Waals surface area contributed by atoms with Gasteiger partial charge in [0.15, 0.2) is 0 Å². The van der Waals surface area contributed by atoms with E-state index in [9.17, 15) is 27.2 Å². The van der Waals surface area contributed by atoms with Gasteiger partial charge in [0.25, 0.3) is 0 Å². The number of hydrogen-bond acceptors (Lipinski definition) is 3. The highest BCUT2D eigenvalue weighted by Gasteiger charge is 2.34. The van der Waals surface area contributed by atoms with Crippen LogP contribution in [0.5, 0.6) is 0 Å². The van der Waals surface area contributed by atoms with Crippen LogP contribution in [0, 0.1) is 28.9 Å². The highest BCUT2D eigenvalue weighted by atomic mass is 19.4. The number of piperidine rings is 1. The van der Waals surface area contributed by atoms with Crippen LogP contribution in [-0.2, 0) is 12.6 Å². The first-order chi connectivity index (χ1) is 12.8. The van der Waals surface area contributed by atoms with Crippen molar-refractivity contribution in [2.24, 2.45) is 5.92 Å². The Bertz CT molecular complexity index is 844. The largest absolute Gasteiger partial charge is 0.433 e. The van der Waals surface area contributed by atoms with E-state index in [4.69, 9.17) is 0 Å². The van der Waals surface area contributed by atoms with E-state index in [2.05, 4.69) is 4.98 Å². The molecule has 0 spiro atoms. The van der Waals surface area contributed by atoms with Gasteiger partial charge in [-0.15, -0.1) is 0 Å². The van der Waals surface area contributed by atoms with Crippen LogP contribution in [0.4, 0.5) is 27.8 Å². The third kappa shape index (κ3) is 4.54. The van der Waals surface area contributed by atoms with Crippen molar-refractivity contribution < 1.29 is 22.0 Å². The second-order valence-electron chi connectivity index (χ2n) is 6.59. The molecule has 1 aromatic heterocycles. The van der Waals surface area contributed by atoms with E-state index in [1.807, 2.05) is 6.07 Å². The first-order valence-electron chi connectivity index (χ1n) is 8.44. The van der Waals surface area contributed by atoms with Crippen molar-refractivity contribution >= 4 is 5.82 Å². The van der Waals surface area contributed by atoms with E-state index in [0.717, 1.165) is 18.2 Å². The topological polar surface area (TPSA) is 39.9 Å². The van der Waals surface area contributed by atoms with Gasteiger partial charge in [-0.3, -0.25) is 0 Å². The summed E-state index contributed by atoms with van der Waals surface area (Å²) in [6, 6.07) is 7.20. The van der Waals surface area contributed by atoms with Crippen molar-refractivity contribution in [3.63, 3.8) is 0 Å². The molecule has 2 aromatic rings. The Morgan fingerprint density at radius 3 is 2.26 bits per heavy atom. The highest BCUT2D eigenvalue weighted by molar-refractivity contribution is 5.54. The SMILES string of the molecule is N#Cc1ccc(C(F)(F)F)nc1N1CCC(Cc2cc(F)cc(F)c2)CC1. The number of anilines is 1. The Labute approximate surface area is 153 Å². The molecular formula is C19H16F5N3. The van der Waals surface area contributed by atoms with Gasteiger partial charge in [-0.1, -0.05) is 0 Å². The van der Waals surface area contributed by atoms with E-state index < -0.39 is 23.5 Å². The Kier molecular flexibility index (Phi) is 5.31. The van der Waals surface area contributed by atoms with Gasteiger partial charge >= 0.3 is 6.18 Å². The molecule has 3 rings (SSSR count). The molecule has 0 N–H and O–H groups in total. The molecule has 1 aromatic carbocycles. The predicted octanol–water partition coefficient (Wildman–Crippen LogP) is 4.71. The lowest BCUT2D eigenvalue weighted by molar-refractivity contribution is -0.141. The Morgan fingerprint density at radius 1 is 1.07 bits per heavy atom. The summed E-state index contributed by atoms with van der Waals surface area (Å²) in [4.78, 5) is 5.31. The quantitative estimate of drug-likeness (QED) is 0.723. The van der Waals surface area contributed by atoms with Gasteiger partial charge in [0.2, 0.25) is 0 Å². The summed E-state index contributed by atoms with van der Waals surface area (Å²) >= 11 is 0. The van der Waals surface area contributed by atoms with Gasteiger partial charge in [0, 0.05) is 19.2 Å². The molecule has 1 aliphatic heterocycles. The van der Waals surface area contributed by atoms with E-state index in [1.165, 1.54) is 12.1 Å². The van der Waals surface area contributed by atoms with Crippen molar-refractivity contribution in [1.29, 1.82) is 5.26 Å². The summed E-state index contributed by atoms with van der Waals surface area (Å²) in [5.74, 6) is -1.08. The van der Waals surface area contributed by atoms with E-state index in [0.29, 0.717) is 37.9 Å². The maximum Gasteiger partial charge on any atom is 0.433 e. The first-order valence-corrected chi connectivity index (χ1v) is 8.44. The van der Waals surface area contributed by atoms with Crippen molar-refractivity contribution in [2.45, 2.75) is 25.4 Å². The normalized spacial score (nSPS) is 15.6. The summed E-state index contributed by atoms with van der Waals surface area (Å²) in [5.41, 5.74) is -0.386. The van der Waals surface area contributed by atoms with E-state index in [1.54, 1.807) is 4.90 Å². The van der Waals surface area contributed by atoms with Crippen molar-refractivity contribution in [1.82, 2.24) is 4.98 Å². The summed E-state index contributed by atoms with van der Waals surface area (Å²) < 4.78 is 65.4. The zero-order chi connectivity index (χ0) is 19.6. The van der Waals surface area contributed by atoms with Crippen molar-refractivity contribution in [3.8, 4) is 6.07 Å². The lowest BCUT2D eigenvalue weighted by atomic mass is 9.90. The minimum absolute atomic E-state index is 0.0302. The van der Waals surface area contributed by atoms with Crippen LogP contribution >= 0.6 is 0 Å². The van der Waals surface area contributed by atoms with Crippen LogP contribution in [0.25, 0.3) is 0 Å². The number of halogens is 5. The number of hydrogen-bond donors (Lipinski definition) is 0. The number of rotatable bonds is 3. The molecule has 0 bridgehead atoms. The molecule has 0 aliphatic carbocycles. The maximum absolute atomic E-state index is 13.3. The second-order valence-corrected chi connectivity index (χ2v) is 6.59. The number of alkyl halides is 3. The van der Waals surface area contributed by atoms with Gasteiger partial charge in [-0.2, -0.15) is 18.4 Å². The lowest BCUT2D eigenvalue weighted by Crippen LogP contribution is -2.35. The average molecular weight is 381 g/mol. The monoisotopic (exact) mass is 381 g/mol. The molecule has 0 atom stereocenters. The number of nitrogens with zero attached hydrogens (tertiary/aromatic N) is 3. The molecule has 0 amide bonds. The summed E-state index contributed by atoms with van der Waals surface area (Å²) in [6.45, 7) is 0.844. The van der Waals surface area contributed by atoms with Crippen LogP contribution in [0.3, 0.4) is 0 Å². The highest BCUT2D eigenvalue weighted by Crippen LogP contribution is 2.32. The smallest absolute Gasteiger partial charge is 0.355 e. The zero-order valence-corrected chi connectivity index (χ0v) is 14.2. The van der Waals surface area contributed by atoms with Crippen LogP contribution in [-0.4, -0.2) is 18.1 Å². The van der Waals surface area contributed by atoms with Crippen LogP contribution in [0.15, 0.2) is 30.3 Å². The molecule has 0 saturated carbocycles. The molecule has 0 unspecified atom stereocenters. The van der Waals surface area contributed by atoms with Crippen molar-refractivity contribution in [3.05, 3.63) is 58.8 Å². The number of aromatic nitrogens is 1. The predicted molar refractivity (Wildman–Crippen MR) is 89.0 cm³/mol. The van der Waals surface area contributed by atoms with Crippen LogP contribution in [0.1, 0.15) is 29.7 Å². The fraction of sp³-hybridized carbons (Fsp3) is 0.368. The van der Waals surface area contributed by atoms with E-state index >= 15 is 0 Å². The van der Waals surface area contributed by atoms with Gasteiger partial charge in [0.05, 0.1) is 5.56 Å². The Balaban J connectivity index is 1.71. The third-order valence-electron chi connectivity index (χ3n) is 4.65. The summed E-state index contributed by atoms with van der Waals surface area (Å²) in [5, 5.41) is 9.17. The molecule has 142 valence electrons. The first kappa shape index (κ1) is 19.1. The van der Waals surface area contributed by atoms with Gasteiger partial charge < -0.3 is 4.90 Å². The molecule has 8 heteroatoms. The minimum Gasteiger partial charge on any atom is -0.355 e. The lowest BCUT2D eigenvalue weighted by Gasteiger charge is -2.33. The number of nitriles is 1. The minimum atomic E-state index is -4.58. The standard InChI is InChI=1S/C19H16F5N3/c20-15-8-13(9-16(21)10-15)7-12-3-5-27(6-4-12)18-14(11-25)1-2-17(26-18)19(22,23)24/h1-2,8-10,12H,3-7H2. The van der Waals surface area contributed by atoms with Gasteiger partial charge in [-0.25, -0.2) is 13.8 Å². The van der Waals surface area contributed by atoms with Crippen LogP contribution in [0.2, 0.25) is 0 Å². The van der Waals surface area contributed by atoms with Crippen LogP contribution < -0.4 is 4.90 Å². The average Bonchev–Trinajstić information content (AvgIpc) is 2.60. The Morgan fingerprint density at radius 2 is 1.70 bits per heavy atom.